The molecule has 2 aliphatic rings. The maximum Gasteiger partial charge on any atom is 0.280 e. The summed E-state index contributed by atoms with van der Waals surface area (Å²) in [6.45, 7) is 1.30. The van der Waals surface area contributed by atoms with Gasteiger partial charge in [0.15, 0.2) is 5.82 Å². The Kier molecular flexibility index (Phi) is 3.24. The lowest BCUT2D eigenvalue weighted by atomic mass is 10.1. The minimum absolute atomic E-state index is 0.110. The first kappa shape index (κ1) is 13.5. The quantitative estimate of drug-likeness (QED) is 0.865. The van der Waals surface area contributed by atoms with Gasteiger partial charge in [0.05, 0.1) is 5.92 Å². The molecule has 0 N–H and O–H groups in total. The molecule has 1 saturated heterocycles. The van der Waals surface area contributed by atoms with E-state index in [1.54, 1.807) is 0 Å². The van der Waals surface area contributed by atoms with Gasteiger partial charge in [-0.2, -0.15) is 4.98 Å². The van der Waals surface area contributed by atoms with Gasteiger partial charge in [-0.05, 0) is 25.3 Å². The van der Waals surface area contributed by atoms with Crippen LogP contribution in [0.5, 0.6) is 0 Å². The monoisotopic (exact) mass is 307 g/mol. The molecule has 1 saturated carbocycles. The second-order valence-corrected chi connectivity index (χ2v) is 5.78. The van der Waals surface area contributed by atoms with Crippen LogP contribution in [0.2, 0.25) is 0 Å². The lowest BCUT2D eigenvalue weighted by Crippen LogP contribution is -2.22. The van der Waals surface area contributed by atoms with Crippen LogP contribution in [0, 0.1) is 0 Å². The van der Waals surface area contributed by atoms with Crippen molar-refractivity contribution in [3.05, 3.63) is 29.7 Å². The number of nitrogens with zero attached hydrogens (tertiary/aromatic N) is 5. The Morgan fingerprint density at radius 1 is 1.18 bits per heavy atom. The summed E-state index contributed by atoms with van der Waals surface area (Å²) in [5, 5.41) is 4.02. The smallest absolute Gasteiger partial charge is 0.280 e. The van der Waals surface area contributed by atoms with Gasteiger partial charge in [0.2, 0.25) is 11.8 Å². The summed E-state index contributed by atoms with van der Waals surface area (Å²) in [4.78, 5) is 14.4. The molecule has 1 aliphatic carbocycles. The molecule has 22 heavy (non-hydrogen) atoms. The van der Waals surface area contributed by atoms with E-state index in [1.807, 2.05) is 4.90 Å². The van der Waals surface area contributed by atoms with E-state index >= 15 is 0 Å². The number of alkyl halides is 2. The molecular weight excluding hydrogens is 292 g/mol. The average Bonchev–Trinajstić information content (AvgIpc) is 3.07. The van der Waals surface area contributed by atoms with Crippen LogP contribution in [0.3, 0.4) is 0 Å². The Hall–Kier alpha value is -2.12. The molecule has 116 valence electrons. The average molecular weight is 307 g/mol. The summed E-state index contributed by atoms with van der Waals surface area (Å²) in [6, 6.07) is 1.24. The largest absolute Gasteiger partial charge is 0.340 e. The third-order valence-corrected chi connectivity index (χ3v) is 4.11. The minimum Gasteiger partial charge on any atom is -0.340 e. The molecular formula is C14H15F2N5O. The van der Waals surface area contributed by atoms with E-state index in [-0.39, 0.29) is 11.6 Å². The normalized spacial score (nSPS) is 21.8. The van der Waals surface area contributed by atoms with E-state index in [0.717, 1.165) is 25.1 Å². The van der Waals surface area contributed by atoms with Crippen molar-refractivity contribution in [3.63, 3.8) is 0 Å². The molecule has 3 heterocycles. The molecule has 1 aliphatic heterocycles. The summed E-state index contributed by atoms with van der Waals surface area (Å²) in [5.41, 5.74) is -0.248. The van der Waals surface area contributed by atoms with Gasteiger partial charge >= 0.3 is 0 Å². The van der Waals surface area contributed by atoms with E-state index in [1.165, 1.54) is 12.3 Å². The molecule has 0 radical (unpaired) electrons. The second kappa shape index (κ2) is 5.26. The van der Waals surface area contributed by atoms with E-state index < -0.39 is 6.43 Å². The predicted octanol–water partition coefficient (Wildman–Crippen LogP) is 2.67. The fourth-order valence-corrected chi connectivity index (χ4v) is 2.70. The van der Waals surface area contributed by atoms with Crippen molar-refractivity contribution >= 4 is 5.95 Å². The highest BCUT2D eigenvalue weighted by molar-refractivity contribution is 5.33. The molecule has 0 spiro atoms. The van der Waals surface area contributed by atoms with Gasteiger partial charge in [-0.1, -0.05) is 5.16 Å². The van der Waals surface area contributed by atoms with Gasteiger partial charge in [-0.3, -0.25) is 0 Å². The second-order valence-electron chi connectivity index (χ2n) is 5.78. The molecule has 0 bridgehead atoms. The van der Waals surface area contributed by atoms with E-state index in [2.05, 4.69) is 20.1 Å². The van der Waals surface area contributed by atoms with Crippen LogP contribution < -0.4 is 4.90 Å². The lowest BCUT2D eigenvalue weighted by Gasteiger charge is -2.15. The number of hydrogen-bond acceptors (Lipinski definition) is 6. The number of anilines is 1. The summed E-state index contributed by atoms with van der Waals surface area (Å²) >= 11 is 0. The summed E-state index contributed by atoms with van der Waals surface area (Å²) < 4.78 is 30.8. The number of hydrogen-bond donors (Lipinski definition) is 0. The Bertz CT molecular complexity index is 673. The third-order valence-electron chi connectivity index (χ3n) is 4.11. The molecule has 6 nitrogen and oxygen atoms in total. The zero-order valence-corrected chi connectivity index (χ0v) is 11.8. The van der Waals surface area contributed by atoms with E-state index in [0.29, 0.717) is 30.8 Å². The van der Waals surface area contributed by atoms with Crippen LogP contribution in [-0.4, -0.2) is 33.2 Å². The molecule has 8 heteroatoms. The molecule has 2 fully saturated rings. The number of halogens is 2. The van der Waals surface area contributed by atoms with Gasteiger partial charge < -0.3 is 9.42 Å². The van der Waals surface area contributed by atoms with Gasteiger partial charge in [-0.15, -0.1) is 0 Å². The van der Waals surface area contributed by atoms with E-state index in [9.17, 15) is 8.78 Å². The van der Waals surface area contributed by atoms with E-state index in [4.69, 9.17) is 4.52 Å². The van der Waals surface area contributed by atoms with Crippen molar-refractivity contribution in [1.29, 1.82) is 0 Å². The first-order valence-electron chi connectivity index (χ1n) is 7.40. The Balaban J connectivity index is 1.48. The van der Waals surface area contributed by atoms with Crippen molar-refractivity contribution < 1.29 is 13.3 Å². The molecule has 4 rings (SSSR count). The topological polar surface area (TPSA) is 67.9 Å². The Labute approximate surface area is 125 Å². The highest BCUT2D eigenvalue weighted by atomic mass is 19.3. The lowest BCUT2D eigenvalue weighted by molar-refractivity contribution is 0.146. The molecule has 1 unspecified atom stereocenters. The predicted molar refractivity (Wildman–Crippen MR) is 72.8 cm³/mol. The van der Waals surface area contributed by atoms with Crippen molar-refractivity contribution in [2.24, 2.45) is 0 Å². The molecule has 0 amide bonds. The van der Waals surface area contributed by atoms with Crippen LogP contribution in [0.25, 0.3) is 0 Å². The molecule has 1 atom stereocenters. The van der Waals surface area contributed by atoms with Gasteiger partial charge in [0.1, 0.15) is 5.69 Å². The maximum atomic E-state index is 12.7. The highest BCUT2D eigenvalue weighted by Crippen LogP contribution is 2.39. The van der Waals surface area contributed by atoms with Crippen LogP contribution in [0.1, 0.15) is 54.9 Å². The molecule has 2 aromatic heterocycles. The first-order chi connectivity index (χ1) is 10.7. The Morgan fingerprint density at radius 2 is 2.05 bits per heavy atom. The third kappa shape index (κ3) is 2.53. The van der Waals surface area contributed by atoms with Crippen LogP contribution in [-0.2, 0) is 0 Å². The Morgan fingerprint density at radius 3 is 2.82 bits per heavy atom. The standard InChI is InChI=1S/C14H15F2N5O/c15-11(16)10-3-5-17-14(18-10)21-6-4-9(7-21)13-19-12(20-22-13)8-1-2-8/h3,5,8-9,11H,1-2,4,6-7H2. The SMILES string of the molecule is FC(F)c1ccnc(N2CCC(c3nc(C4CC4)no3)C2)n1. The van der Waals surface area contributed by atoms with Crippen LogP contribution in [0.15, 0.2) is 16.8 Å². The summed E-state index contributed by atoms with van der Waals surface area (Å²) in [7, 11) is 0. The minimum atomic E-state index is -2.59. The zero-order chi connectivity index (χ0) is 15.1. The van der Waals surface area contributed by atoms with Gasteiger partial charge in [0, 0.05) is 25.2 Å². The van der Waals surface area contributed by atoms with Crippen molar-refractivity contribution in [2.45, 2.75) is 37.5 Å². The maximum absolute atomic E-state index is 12.7. The fraction of sp³-hybridized carbons (Fsp3) is 0.571. The van der Waals surface area contributed by atoms with Gasteiger partial charge in [-0.25, -0.2) is 18.7 Å². The molecule has 2 aromatic rings. The van der Waals surface area contributed by atoms with Crippen LogP contribution in [0.4, 0.5) is 14.7 Å². The summed E-state index contributed by atoms with van der Waals surface area (Å²) in [5.74, 6) is 2.33. The van der Waals surface area contributed by atoms with Crippen molar-refractivity contribution in [1.82, 2.24) is 20.1 Å². The van der Waals surface area contributed by atoms with Crippen molar-refractivity contribution in [2.75, 3.05) is 18.0 Å². The summed E-state index contributed by atoms with van der Waals surface area (Å²) in [6.07, 6.45) is 1.87. The fourth-order valence-electron chi connectivity index (χ4n) is 2.70. The molecule has 0 aromatic carbocycles. The van der Waals surface area contributed by atoms with Crippen LogP contribution >= 0.6 is 0 Å². The van der Waals surface area contributed by atoms with Gasteiger partial charge in [0.25, 0.3) is 6.43 Å². The zero-order valence-electron chi connectivity index (χ0n) is 11.8. The number of rotatable bonds is 4. The van der Waals surface area contributed by atoms with Crippen molar-refractivity contribution in [3.8, 4) is 0 Å². The first-order valence-corrected chi connectivity index (χ1v) is 7.40. The number of aromatic nitrogens is 4. The highest BCUT2D eigenvalue weighted by Gasteiger charge is 2.33.